The second-order valence-electron chi connectivity index (χ2n) is 2.81. The average molecular weight is 322 g/mol. The maximum Gasteiger partial charge on any atom is 0.167 e. The van der Waals surface area contributed by atoms with Gasteiger partial charge in [0.1, 0.15) is 5.75 Å². The van der Waals surface area contributed by atoms with Gasteiger partial charge in [-0.25, -0.2) is 0 Å². The number of carbonyl (C=O) groups excluding carboxylic acids is 1. The number of ketones is 1. The number of phenols is 1. The highest BCUT2D eigenvalue weighted by Gasteiger charge is 2.12. The van der Waals surface area contributed by atoms with Crippen LogP contribution in [0.15, 0.2) is 18.2 Å². The maximum atomic E-state index is 11.5. The van der Waals surface area contributed by atoms with Gasteiger partial charge in [0.25, 0.3) is 0 Å². The van der Waals surface area contributed by atoms with Crippen molar-refractivity contribution in [1.29, 1.82) is 0 Å². The minimum atomic E-state index is -0.0397. The van der Waals surface area contributed by atoms with Crippen molar-refractivity contribution in [3.63, 3.8) is 0 Å². The molecule has 0 fully saturated rings. The van der Waals surface area contributed by atoms with E-state index >= 15 is 0 Å². The third-order valence-electron chi connectivity index (χ3n) is 1.89. The van der Waals surface area contributed by atoms with Gasteiger partial charge in [0, 0.05) is 22.6 Å². The molecule has 2 nitrogen and oxygen atoms in total. The number of carbonyl (C=O) groups is 1. The van der Waals surface area contributed by atoms with E-state index in [1.165, 1.54) is 0 Å². The van der Waals surface area contributed by atoms with Crippen LogP contribution in [0, 0.1) is 0 Å². The Morgan fingerprint density at radius 2 is 2.07 bits per heavy atom. The highest BCUT2D eigenvalue weighted by atomic mass is 79.9. The van der Waals surface area contributed by atoms with E-state index in [-0.39, 0.29) is 11.5 Å². The molecule has 0 aromatic heterocycles. The lowest BCUT2D eigenvalue weighted by Crippen LogP contribution is -2.01. The Morgan fingerprint density at radius 3 is 2.64 bits per heavy atom. The molecule has 1 aromatic rings. The summed E-state index contributed by atoms with van der Waals surface area (Å²) in [5.74, 6) is 0.0532. The first-order chi connectivity index (χ1) is 6.70. The number of alkyl halides is 2. The number of Topliss-reactive ketones (excluding diaryl/α,β-unsaturated/α-hetero) is 1. The molecule has 0 aliphatic carbocycles. The lowest BCUT2D eigenvalue weighted by molar-refractivity contribution is 0.0987. The van der Waals surface area contributed by atoms with Crippen molar-refractivity contribution in [2.24, 2.45) is 0 Å². The summed E-state index contributed by atoms with van der Waals surface area (Å²) in [5.41, 5.74) is 1.15. The molecule has 0 unspecified atom stereocenters. The Bertz CT molecular complexity index is 337. The van der Waals surface area contributed by atoms with Crippen LogP contribution in [0.2, 0.25) is 0 Å². The van der Waals surface area contributed by atoms with Gasteiger partial charge in [-0.1, -0.05) is 44.0 Å². The van der Waals surface area contributed by atoms with Gasteiger partial charge in [-0.3, -0.25) is 4.79 Å². The van der Waals surface area contributed by atoms with E-state index in [0.29, 0.717) is 22.6 Å². The first kappa shape index (κ1) is 11.7. The predicted octanol–water partition coefficient (Wildman–Crippen LogP) is 3.25. The van der Waals surface area contributed by atoms with Gasteiger partial charge in [0.15, 0.2) is 5.78 Å². The van der Waals surface area contributed by atoms with Crippen LogP contribution < -0.4 is 0 Å². The van der Waals surface area contributed by atoms with Crippen molar-refractivity contribution in [1.82, 2.24) is 0 Å². The fraction of sp³-hybridized carbons (Fsp3) is 0.300. The molecule has 0 saturated carbocycles. The van der Waals surface area contributed by atoms with Crippen LogP contribution in [0.4, 0.5) is 0 Å². The van der Waals surface area contributed by atoms with E-state index in [1.807, 2.05) is 0 Å². The zero-order valence-electron chi connectivity index (χ0n) is 7.46. The Kier molecular flexibility index (Phi) is 4.62. The summed E-state index contributed by atoms with van der Waals surface area (Å²) in [6.07, 6.45) is 0.402. The number of hydrogen-bond donors (Lipinski definition) is 1. The number of benzene rings is 1. The number of halogens is 2. The number of aromatic hydroxyl groups is 1. The Labute approximate surface area is 99.6 Å². The van der Waals surface area contributed by atoms with Crippen molar-refractivity contribution >= 4 is 37.6 Å². The highest BCUT2D eigenvalue weighted by molar-refractivity contribution is 9.09. The number of para-hydroxylation sites is 1. The van der Waals surface area contributed by atoms with Crippen molar-refractivity contribution in [2.75, 3.05) is 5.33 Å². The van der Waals surface area contributed by atoms with Gasteiger partial charge >= 0.3 is 0 Å². The zero-order valence-corrected chi connectivity index (χ0v) is 10.6. The van der Waals surface area contributed by atoms with Gasteiger partial charge in [0.05, 0.1) is 5.56 Å². The number of hydrogen-bond acceptors (Lipinski definition) is 2. The number of rotatable bonds is 4. The molecule has 0 aliphatic rings. The van der Waals surface area contributed by atoms with Crippen LogP contribution in [0.5, 0.6) is 5.75 Å². The van der Waals surface area contributed by atoms with E-state index in [2.05, 4.69) is 31.9 Å². The van der Waals surface area contributed by atoms with E-state index in [1.54, 1.807) is 18.2 Å². The summed E-state index contributed by atoms with van der Waals surface area (Å²) >= 11 is 6.45. The summed E-state index contributed by atoms with van der Waals surface area (Å²) < 4.78 is 0. The molecule has 0 spiro atoms. The van der Waals surface area contributed by atoms with Crippen molar-refractivity contribution in [3.05, 3.63) is 29.3 Å². The van der Waals surface area contributed by atoms with Crippen molar-refractivity contribution in [2.45, 2.75) is 11.8 Å². The zero-order chi connectivity index (χ0) is 10.6. The number of phenolic OH excluding ortho intramolecular Hbond substituents is 1. The van der Waals surface area contributed by atoms with Crippen LogP contribution in [0.1, 0.15) is 22.3 Å². The molecule has 0 saturated heterocycles. The topological polar surface area (TPSA) is 37.3 Å². The van der Waals surface area contributed by atoms with E-state index in [9.17, 15) is 9.90 Å². The van der Waals surface area contributed by atoms with Gasteiger partial charge in [-0.05, 0) is 6.07 Å². The monoisotopic (exact) mass is 320 g/mol. The van der Waals surface area contributed by atoms with Gasteiger partial charge in [-0.15, -0.1) is 0 Å². The summed E-state index contributed by atoms with van der Waals surface area (Å²) in [6.45, 7) is 0. The van der Waals surface area contributed by atoms with E-state index in [4.69, 9.17) is 0 Å². The van der Waals surface area contributed by atoms with Crippen molar-refractivity contribution in [3.8, 4) is 5.75 Å². The van der Waals surface area contributed by atoms with Crippen LogP contribution >= 0.6 is 31.9 Å². The SMILES string of the molecule is O=C(CCBr)c1cccc(CBr)c1O. The summed E-state index contributed by atoms with van der Waals surface area (Å²) in [4.78, 5) is 11.5. The summed E-state index contributed by atoms with van der Waals surface area (Å²) in [5, 5.41) is 10.9. The molecule has 0 bridgehead atoms. The molecule has 0 aliphatic heterocycles. The van der Waals surface area contributed by atoms with E-state index < -0.39 is 0 Å². The standard InChI is InChI=1S/C10H10Br2O2/c11-5-4-9(13)8-3-1-2-7(6-12)10(8)14/h1-3,14H,4-6H2. The summed E-state index contributed by atoms with van der Waals surface area (Å²) in [7, 11) is 0. The second-order valence-corrected chi connectivity index (χ2v) is 4.16. The molecule has 4 heteroatoms. The molecule has 0 atom stereocenters. The largest absolute Gasteiger partial charge is 0.507 e. The lowest BCUT2D eigenvalue weighted by atomic mass is 10.0. The second kappa shape index (κ2) is 5.51. The van der Waals surface area contributed by atoms with Crippen LogP contribution in [0.3, 0.4) is 0 Å². The third kappa shape index (κ3) is 2.58. The van der Waals surface area contributed by atoms with E-state index in [0.717, 1.165) is 5.56 Å². The fourth-order valence-electron chi connectivity index (χ4n) is 1.14. The Balaban J connectivity index is 3.03. The summed E-state index contributed by atoms with van der Waals surface area (Å²) in [6, 6.07) is 5.21. The maximum absolute atomic E-state index is 11.5. The van der Waals surface area contributed by atoms with Crippen molar-refractivity contribution < 1.29 is 9.90 Å². The predicted molar refractivity (Wildman–Crippen MR) is 63.5 cm³/mol. The van der Waals surface area contributed by atoms with Crippen LogP contribution in [0.25, 0.3) is 0 Å². The molecule has 0 heterocycles. The molecular formula is C10H10Br2O2. The quantitative estimate of drug-likeness (QED) is 0.682. The molecular weight excluding hydrogens is 312 g/mol. The molecule has 1 aromatic carbocycles. The normalized spacial score (nSPS) is 10.1. The molecule has 0 amide bonds. The van der Waals surface area contributed by atoms with Crippen LogP contribution in [-0.4, -0.2) is 16.2 Å². The highest BCUT2D eigenvalue weighted by Crippen LogP contribution is 2.25. The van der Waals surface area contributed by atoms with Gasteiger partial charge in [0.2, 0.25) is 0 Å². The minimum absolute atomic E-state index is 0.0397. The Morgan fingerprint density at radius 1 is 1.36 bits per heavy atom. The lowest BCUT2D eigenvalue weighted by Gasteiger charge is -2.05. The molecule has 76 valence electrons. The molecule has 14 heavy (non-hydrogen) atoms. The first-order valence-electron chi connectivity index (χ1n) is 4.16. The van der Waals surface area contributed by atoms with Gasteiger partial charge < -0.3 is 5.11 Å². The van der Waals surface area contributed by atoms with Crippen LogP contribution in [-0.2, 0) is 5.33 Å². The first-order valence-corrected chi connectivity index (χ1v) is 6.41. The fourth-order valence-corrected chi connectivity index (χ4v) is 1.96. The average Bonchev–Trinajstić information content (AvgIpc) is 2.18. The Hall–Kier alpha value is -0.350. The third-order valence-corrected chi connectivity index (χ3v) is 2.89. The molecule has 0 radical (unpaired) electrons. The molecule has 1 rings (SSSR count). The smallest absolute Gasteiger partial charge is 0.167 e. The minimum Gasteiger partial charge on any atom is -0.507 e. The van der Waals surface area contributed by atoms with Gasteiger partial charge in [-0.2, -0.15) is 0 Å². The molecule has 1 N–H and O–H groups in total.